The maximum absolute atomic E-state index is 13.4. The number of pyridine rings is 1. The predicted molar refractivity (Wildman–Crippen MR) is 151 cm³/mol. The molecule has 3 unspecified atom stereocenters. The topological polar surface area (TPSA) is 79.2 Å². The van der Waals surface area contributed by atoms with Crippen molar-refractivity contribution < 1.29 is 14.3 Å². The minimum Gasteiger partial charge on any atom is -0.379 e. The number of nitrogens with one attached hydrogen (secondary N) is 1. The van der Waals surface area contributed by atoms with E-state index in [-0.39, 0.29) is 23.7 Å². The molecule has 2 aromatic rings. The molecule has 4 aliphatic rings. The second-order valence-electron chi connectivity index (χ2n) is 12.7. The highest BCUT2D eigenvalue weighted by Gasteiger charge is 2.42. The van der Waals surface area contributed by atoms with E-state index < -0.39 is 0 Å². The molecule has 8 heteroatoms. The monoisotopic (exact) mass is 535 g/mol. The number of carbonyl (C=O) groups is 2. The molecular weight excluding hydrogens is 490 g/mol. The first-order valence-electron chi connectivity index (χ1n) is 15.4. The molecule has 2 saturated carbocycles. The molecule has 0 radical (unpaired) electrons. The van der Waals surface area contributed by atoms with Gasteiger partial charge in [-0.2, -0.15) is 0 Å². The van der Waals surface area contributed by atoms with Crippen molar-refractivity contribution >= 4 is 17.5 Å². The minimum atomic E-state index is -0.0452. The van der Waals surface area contributed by atoms with Gasteiger partial charge in [-0.15, -0.1) is 0 Å². The smallest absolute Gasteiger partial charge is 0.268 e. The van der Waals surface area contributed by atoms with E-state index in [0.29, 0.717) is 11.7 Å². The van der Waals surface area contributed by atoms with Crippen LogP contribution in [0, 0.1) is 17.3 Å². The summed E-state index contributed by atoms with van der Waals surface area (Å²) in [5.74, 6) is 1.70. The predicted octanol–water partition coefficient (Wildman–Crippen LogP) is 3.93. The molecule has 2 aliphatic carbocycles. The van der Waals surface area contributed by atoms with E-state index in [9.17, 15) is 9.59 Å². The van der Waals surface area contributed by atoms with Crippen molar-refractivity contribution in [2.24, 2.45) is 17.3 Å². The van der Waals surface area contributed by atoms with E-state index in [2.05, 4.69) is 17.1 Å². The van der Waals surface area contributed by atoms with Gasteiger partial charge in [-0.1, -0.05) is 32.3 Å². The summed E-state index contributed by atoms with van der Waals surface area (Å²) in [6, 6.07) is 6.22. The summed E-state index contributed by atoms with van der Waals surface area (Å²) in [7, 11) is 0. The van der Waals surface area contributed by atoms with Gasteiger partial charge >= 0.3 is 0 Å². The number of imidazole rings is 1. The molecule has 2 amide bonds. The van der Waals surface area contributed by atoms with Gasteiger partial charge in [0.05, 0.1) is 25.3 Å². The molecule has 8 nitrogen and oxygen atoms in total. The fraction of sp³-hybridized carbons (Fsp3) is 0.710. The fourth-order valence-electron chi connectivity index (χ4n) is 8.06. The van der Waals surface area contributed by atoms with E-state index in [0.717, 1.165) is 82.0 Å². The largest absolute Gasteiger partial charge is 0.379 e. The van der Waals surface area contributed by atoms with Gasteiger partial charge in [-0.3, -0.25) is 18.9 Å². The number of fused-ring (bicyclic) bond motifs is 3. The van der Waals surface area contributed by atoms with E-state index in [1.165, 1.54) is 44.9 Å². The van der Waals surface area contributed by atoms with Crippen LogP contribution < -0.4 is 5.32 Å². The van der Waals surface area contributed by atoms with Gasteiger partial charge in [-0.05, 0) is 67.9 Å². The zero-order valence-corrected chi connectivity index (χ0v) is 23.6. The van der Waals surface area contributed by atoms with Crippen LogP contribution in [0.25, 0.3) is 5.65 Å². The van der Waals surface area contributed by atoms with Gasteiger partial charge in [0.2, 0.25) is 5.91 Å². The lowest BCUT2D eigenvalue weighted by Gasteiger charge is -2.48. The number of hydrogen-bond donors (Lipinski definition) is 1. The number of morpholine rings is 1. The third-order valence-electron chi connectivity index (χ3n) is 10.1. The summed E-state index contributed by atoms with van der Waals surface area (Å²) in [5, 5.41) is 3.31. The number of ether oxygens (including phenoxy) is 1. The lowest BCUT2D eigenvalue weighted by molar-refractivity contribution is -0.132. The number of hydrogen-bond acceptors (Lipinski definition) is 5. The van der Waals surface area contributed by atoms with Crippen molar-refractivity contribution in [3.8, 4) is 0 Å². The average Bonchev–Trinajstić information content (AvgIpc) is 3.39. The van der Waals surface area contributed by atoms with Crippen LogP contribution in [0.1, 0.15) is 80.9 Å². The highest BCUT2D eigenvalue weighted by Crippen LogP contribution is 2.51. The molecule has 212 valence electrons. The van der Waals surface area contributed by atoms with Crippen LogP contribution >= 0.6 is 0 Å². The maximum Gasteiger partial charge on any atom is 0.268 e. The number of amides is 2. The number of nitrogens with zero attached hydrogens (tertiary/aromatic N) is 4. The number of likely N-dealkylation sites (tertiary alicyclic amines) is 1. The highest BCUT2D eigenvalue weighted by atomic mass is 16.5. The Morgan fingerprint density at radius 1 is 1.10 bits per heavy atom. The summed E-state index contributed by atoms with van der Waals surface area (Å²) >= 11 is 0. The molecule has 2 aromatic heterocycles. The maximum atomic E-state index is 13.4. The first-order chi connectivity index (χ1) is 19.0. The summed E-state index contributed by atoms with van der Waals surface area (Å²) in [6.07, 6.45) is 13.2. The normalized spacial score (nSPS) is 28.5. The number of rotatable bonds is 7. The van der Waals surface area contributed by atoms with Crippen LogP contribution in [0.2, 0.25) is 0 Å². The Morgan fingerprint density at radius 2 is 1.92 bits per heavy atom. The zero-order chi connectivity index (χ0) is 26.8. The fourth-order valence-corrected chi connectivity index (χ4v) is 8.06. The molecule has 3 atom stereocenters. The van der Waals surface area contributed by atoms with Crippen LogP contribution in [0.5, 0.6) is 0 Å². The standard InChI is InChI=1S/C31H45N5O3/c1-2-23-17-24-5-4-10-31(19-23,20-24)22-32-30(38)27-6-3-7-28-33-25(21-36(27)28)18-29(37)35-11-8-26(9-12-35)34-13-15-39-16-14-34/h3,6-7,21,23-24,26H,2,4-5,8-20,22H2,1H3,(H,32,38). The molecule has 4 fully saturated rings. The van der Waals surface area contributed by atoms with Crippen LogP contribution in [0.4, 0.5) is 0 Å². The summed E-state index contributed by atoms with van der Waals surface area (Å²) in [6.45, 7) is 8.28. The van der Waals surface area contributed by atoms with E-state index in [1.54, 1.807) is 0 Å². The molecule has 2 bridgehead atoms. The van der Waals surface area contributed by atoms with Crippen molar-refractivity contribution in [3.63, 3.8) is 0 Å². The summed E-state index contributed by atoms with van der Waals surface area (Å²) in [4.78, 5) is 35.8. The van der Waals surface area contributed by atoms with Gasteiger partial charge in [-0.25, -0.2) is 4.98 Å². The lowest BCUT2D eigenvalue weighted by Crippen LogP contribution is -2.50. The molecule has 1 N–H and O–H groups in total. The quantitative estimate of drug-likeness (QED) is 0.581. The van der Waals surface area contributed by atoms with Gasteiger partial charge in [0, 0.05) is 45.0 Å². The van der Waals surface area contributed by atoms with Crippen LogP contribution in [-0.2, 0) is 16.0 Å². The van der Waals surface area contributed by atoms with Gasteiger partial charge < -0.3 is 15.0 Å². The van der Waals surface area contributed by atoms with E-state index >= 15 is 0 Å². The third kappa shape index (κ3) is 5.87. The van der Waals surface area contributed by atoms with Crippen LogP contribution in [0.15, 0.2) is 24.4 Å². The Labute approximate surface area is 232 Å². The molecule has 0 spiro atoms. The Kier molecular flexibility index (Phi) is 7.94. The summed E-state index contributed by atoms with van der Waals surface area (Å²) in [5.41, 5.74) is 2.29. The van der Waals surface area contributed by atoms with Crippen molar-refractivity contribution in [1.82, 2.24) is 24.5 Å². The number of carbonyl (C=O) groups excluding carboxylic acids is 2. The molecule has 6 rings (SSSR count). The van der Waals surface area contributed by atoms with Crippen molar-refractivity contribution in [2.75, 3.05) is 45.9 Å². The average molecular weight is 536 g/mol. The first-order valence-corrected chi connectivity index (χ1v) is 15.4. The number of piperidine rings is 1. The first kappa shape index (κ1) is 26.8. The van der Waals surface area contributed by atoms with Crippen LogP contribution in [0.3, 0.4) is 0 Å². The Balaban J connectivity index is 1.07. The van der Waals surface area contributed by atoms with Gasteiger partial charge in [0.1, 0.15) is 11.3 Å². The van der Waals surface area contributed by atoms with E-state index in [1.807, 2.05) is 33.7 Å². The Hall–Kier alpha value is -2.45. The third-order valence-corrected chi connectivity index (χ3v) is 10.1. The minimum absolute atomic E-state index is 0.0452. The molecule has 0 aromatic carbocycles. The van der Waals surface area contributed by atoms with Gasteiger partial charge in [0.15, 0.2) is 0 Å². The molecule has 2 aliphatic heterocycles. The second-order valence-corrected chi connectivity index (χ2v) is 12.7. The summed E-state index contributed by atoms with van der Waals surface area (Å²) < 4.78 is 7.35. The SMILES string of the molecule is CCC1CC2CCCC(CNC(=O)c3cccc4nc(CC(=O)N5CCC(N6CCOCC6)CC5)cn34)(C1)C2. The van der Waals surface area contributed by atoms with Crippen molar-refractivity contribution in [2.45, 2.75) is 77.2 Å². The van der Waals surface area contributed by atoms with Crippen molar-refractivity contribution in [1.29, 1.82) is 0 Å². The molecule has 39 heavy (non-hydrogen) atoms. The Bertz CT molecular complexity index is 1170. The highest BCUT2D eigenvalue weighted by molar-refractivity contribution is 5.93. The van der Waals surface area contributed by atoms with Crippen LogP contribution in [-0.4, -0.2) is 83.0 Å². The van der Waals surface area contributed by atoms with Crippen molar-refractivity contribution in [3.05, 3.63) is 35.8 Å². The molecular formula is C31H45N5O3. The Morgan fingerprint density at radius 3 is 2.72 bits per heavy atom. The van der Waals surface area contributed by atoms with E-state index in [4.69, 9.17) is 9.72 Å². The zero-order valence-electron chi connectivity index (χ0n) is 23.6. The number of aromatic nitrogens is 2. The molecule has 2 saturated heterocycles. The second kappa shape index (κ2) is 11.6. The lowest BCUT2D eigenvalue weighted by atomic mass is 9.58. The van der Waals surface area contributed by atoms with Gasteiger partial charge in [0.25, 0.3) is 5.91 Å². The molecule has 4 heterocycles.